The lowest BCUT2D eigenvalue weighted by atomic mass is 10.0. The lowest BCUT2D eigenvalue weighted by molar-refractivity contribution is -0.143. The van der Waals surface area contributed by atoms with Gasteiger partial charge in [0.1, 0.15) is 25.0 Å². The molecule has 54 heavy (non-hydrogen) atoms. The van der Waals surface area contributed by atoms with E-state index >= 15 is 0 Å². The minimum Gasteiger partial charge on any atom is -0.446 e. The number of likely N-dealkylation sites (tertiary alicyclic amines) is 1. The molecular weight excluding hydrogens is 686 g/mol. The van der Waals surface area contributed by atoms with Gasteiger partial charge in [0.25, 0.3) is 5.91 Å². The van der Waals surface area contributed by atoms with Gasteiger partial charge in [0.05, 0.1) is 5.69 Å². The van der Waals surface area contributed by atoms with E-state index < -0.39 is 12.1 Å². The Labute approximate surface area is 317 Å². The smallest absolute Gasteiger partial charge is 0.411 e. The number of esters is 1. The molecule has 5 rings (SSSR count). The SMILES string of the molecule is COCC(=O)N(C)CC(=O)Oc1ccc(CNCc2ccc(C(=O)N(C)CCN3CCC(OC(=O)Nc4ccccc4-c4ccccc4)CC3)cc2)cc1. The molecule has 12 nitrogen and oxygen atoms in total. The van der Waals surface area contributed by atoms with Gasteiger partial charge in [-0.15, -0.1) is 0 Å². The average molecular weight is 736 g/mol. The van der Waals surface area contributed by atoms with Crippen molar-refractivity contribution < 1.29 is 33.4 Å². The van der Waals surface area contributed by atoms with Crippen LogP contribution in [0, 0.1) is 0 Å². The summed E-state index contributed by atoms with van der Waals surface area (Å²) in [4.78, 5) is 55.1. The summed E-state index contributed by atoms with van der Waals surface area (Å²) < 4.78 is 15.9. The maximum atomic E-state index is 13.1. The number of likely N-dealkylation sites (N-methyl/N-ethyl adjacent to an activating group) is 2. The normalized spacial score (nSPS) is 13.2. The molecule has 1 aliphatic heterocycles. The van der Waals surface area contributed by atoms with E-state index in [1.54, 1.807) is 17.0 Å². The fraction of sp³-hybridized carbons (Fsp3) is 0.333. The van der Waals surface area contributed by atoms with Crippen LogP contribution in [-0.2, 0) is 32.2 Å². The molecule has 4 aromatic rings. The first-order chi connectivity index (χ1) is 26.2. The monoisotopic (exact) mass is 735 g/mol. The molecule has 3 amide bonds. The molecule has 0 aromatic heterocycles. The number of anilines is 1. The van der Waals surface area contributed by atoms with Gasteiger partial charge >= 0.3 is 12.1 Å². The molecule has 0 radical (unpaired) electrons. The minimum absolute atomic E-state index is 0.0332. The molecular formula is C42H49N5O7. The summed E-state index contributed by atoms with van der Waals surface area (Å²) in [6.45, 7) is 3.86. The van der Waals surface area contributed by atoms with Crippen molar-refractivity contribution in [2.75, 3.05) is 65.9 Å². The van der Waals surface area contributed by atoms with Crippen LogP contribution < -0.4 is 15.4 Å². The largest absolute Gasteiger partial charge is 0.446 e. The molecule has 0 aliphatic carbocycles. The second-order valence-corrected chi connectivity index (χ2v) is 13.3. The van der Waals surface area contributed by atoms with Crippen LogP contribution in [0.3, 0.4) is 0 Å². The Morgan fingerprint density at radius 2 is 1.41 bits per heavy atom. The summed E-state index contributed by atoms with van der Waals surface area (Å²) in [7, 11) is 4.76. The number of nitrogens with one attached hydrogen (secondary N) is 2. The lowest BCUT2D eigenvalue weighted by Gasteiger charge is -2.32. The van der Waals surface area contributed by atoms with E-state index in [4.69, 9.17) is 14.2 Å². The van der Waals surface area contributed by atoms with Crippen molar-refractivity contribution in [3.05, 3.63) is 120 Å². The maximum Gasteiger partial charge on any atom is 0.411 e. The Morgan fingerprint density at radius 3 is 2.07 bits per heavy atom. The van der Waals surface area contributed by atoms with Crippen LogP contribution in [-0.4, -0.2) is 105 Å². The van der Waals surface area contributed by atoms with Crippen molar-refractivity contribution in [3.63, 3.8) is 0 Å². The van der Waals surface area contributed by atoms with Gasteiger partial charge in [0, 0.05) is 71.6 Å². The first-order valence-corrected chi connectivity index (χ1v) is 18.1. The van der Waals surface area contributed by atoms with Gasteiger partial charge < -0.3 is 34.2 Å². The molecule has 0 spiro atoms. The van der Waals surface area contributed by atoms with Crippen molar-refractivity contribution in [2.24, 2.45) is 0 Å². The molecule has 1 saturated heterocycles. The van der Waals surface area contributed by atoms with E-state index in [2.05, 4.69) is 15.5 Å². The average Bonchev–Trinajstić information content (AvgIpc) is 3.18. The van der Waals surface area contributed by atoms with E-state index in [9.17, 15) is 19.2 Å². The number of piperidine rings is 1. The van der Waals surface area contributed by atoms with Crippen molar-refractivity contribution in [1.82, 2.24) is 20.0 Å². The van der Waals surface area contributed by atoms with Crippen LogP contribution in [0.15, 0.2) is 103 Å². The van der Waals surface area contributed by atoms with Gasteiger partial charge in [-0.2, -0.15) is 0 Å². The number of amides is 3. The molecule has 284 valence electrons. The second-order valence-electron chi connectivity index (χ2n) is 13.3. The Balaban J connectivity index is 0.970. The fourth-order valence-electron chi connectivity index (χ4n) is 6.09. The van der Waals surface area contributed by atoms with E-state index in [1.807, 2.05) is 98.0 Å². The van der Waals surface area contributed by atoms with E-state index in [1.165, 1.54) is 19.1 Å². The number of hydrogen-bond donors (Lipinski definition) is 2. The van der Waals surface area contributed by atoms with Crippen LogP contribution in [0.4, 0.5) is 10.5 Å². The molecule has 0 atom stereocenters. The Bertz CT molecular complexity index is 1830. The Kier molecular flexibility index (Phi) is 14.7. The van der Waals surface area contributed by atoms with Crippen molar-refractivity contribution >= 4 is 29.6 Å². The van der Waals surface area contributed by atoms with Crippen LogP contribution in [0.2, 0.25) is 0 Å². The number of hydrogen-bond acceptors (Lipinski definition) is 9. The quantitative estimate of drug-likeness (QED) is 0.114. The van der Waals surface area contributed by atoms with E-state index in [-0.39, 0.29) is 31.1 Å². The van der Waals surface area contributed by atoms with Crippen LogP contribution in [0.25, 0.3) is 11.1 Å². The van der Waals surface area contributed by atoms with E-state index in [0.717, 1.165) is 54.7 Å². The maximum absolute atomic E-state index is 13.1. The summed E-state index contributed by atoms with van der Waals surface area (Å²) in [5, 5.41) is 6.32. The number of para-hydroxylation sites is 1. The number of rotatable bonds is 16. The second kappa shape index (κ2) is 20.0. The predicted octanol–water partition coefficient (Wildman–Crippen LogP) is 5.44. The van der Waals surface area contributed by atoms with Gasteiger partial charge in [-0.25, -0.2) is 9.59 Å². The number of methoxy groups -OCH3 is 1. The molecule has 1 fully saturated rings. The molecule has 0 unspecified atom stereocenters. The van der Waals surface area contributed by atoms with Gasteiger partial charge in [0.15, 0.2) is 0 Å². The topological polar surface area (TPSA) is 130 Å². The molecule has 4 aromatic carbocycles. The van der Waals surface area contributed by atoms with Gasteiger partial charge in [-0.05, 0) is 59.9 Å². The van der Waals surface area contributed by atoms with Crippen LogP contribution >= 0.6 is 0 Å². The van der Waals surface area contributed by atoms with Gasteiger partial charge in [-0.3, -0.25) is 14.9 Å². The third-order valence-electron chi connectivity index (χ3n) is 9.23. The summed E-state index contributed by atoms with van der Waals surface area (Å²) in [6, 6.07) is 32.4. The third kappa shape index (κ3) is 12.0. The highest BCUT2D eigenvalue weighted by Crippen LogP contribution is 2.28. The molecule has 0 saturated carbocycles. The first-order valence-electron chi connectivity index (χ1n) is 18.1. The lowest BCUT2D eigenvalue weighted by Crippen LogP contribution is -2.42. The summed E-state index contributed by atoms with van der Waals surface area (Å²) in [5.41, 5.74) is 5.37. The minimum atomic E-state index is -0.534. The van der Waals surface area contributed by atoms with Crippen LogP contribution in [0.5, 0.6) is 5.75 Å². The number of ether oxygens (including phenoxy) is 3. The Morgan fingerprint density at radius 1 is 0.778 bits per heavy atom. The van der Waals surface area contributed by atoms with E-state index in [0.29, 0.717) is 36.6 Å². The van der Waals surface area contributed by atoms with Gasteiger partial charge in [0.2, 0.25) is 5.91 Å². The summed E-state index contributed by atoms with van der Waals surface area (Å²) in [6.07, 6.45) is 0.864. The van der Waals surface area contributed by atoms with Crippen molar-refractivity contribution in [1.29, 1.82) is 0 Å². The molecule has 1 heterocycles. The Hall–Kier alpha value is -5.56. The van der Waals surface area contributed by atoms with Gasteiger partial charge in [-0.1, -0.05) is 72.8 Å². The van der Waals surface area contributed by atoms with Crippen molar-refractivity contribution in [3.8, 4) is 16.9 Å². The summed E-state index contributed by atoms with van der Waals surface area (Å²) in [5.74, 6) is -0.468. The number of carbonyl (C=O) groups is 4. The number of nitrogens with zero attached hydrogens (tertiary/aromatic N) is 3. The molecule has 12 heteroatoms. The molecule has 2 N–H and O–H groups in total. The third-order valence-corrected chi connectivity index (χ3v) is 9.23. The van der Waals surface area contributed by atoms with Crippen molar-refractivity contribution in [2.45, 2.75) is 32.0 Å². The standard InChI is InChI=1S/C42H49N5O7/c1-45(25-26-47-23-21-36(22-24-47)54-42(51)44-38-12-8-7-11-37(38)33-9-5-4-6-10-33)41(50)34-17-13-31(14-18-34)27-43-28-32-15-19-35(20-16-32)53-40(49)29-46(2)39(48)30-52-3/h4-20,36,43H,21-30H2,1-3H3,(H,44,51). The zero-order valence-electron chi connectivity index (χ0n) is 31.2. The van der Waals surface area contributed by atoms with Crippen LogP contribution in [0.1, 0.15) is 34.3 Å². The number of benzene rings is 4. The zero-order chi connectivity index (χ0) is 38.3. The highest BCUT2D eigenvalue weighted by molar-refractivity contribution is 5.94. The summed E-state index contributed by atoms with van der Waals surface area (Å²) >= 11 is 0. The predicted molar refractivity (Wildman–Crippen MR) is 207 cm³/mol. The fourth-order valence-corrected chi connectivity index (χ4v) is 6.09. The molecule has 0 bridgehead atoms. The molecule has 1 aliphatic rings. The first kappa shape index (κ1) is 39.6. The number of carbonyl (C=O) groups excluding carboxylic acids is 4. The highest BCUT2D eigenvalue weighted by atomic mass is 16.6. The highest BCUT2D eigenvalue weighted by Gasteiger charge is 2.23. The zero-order valence-corrected chi connectivity index (χ0v) is 31.2.